The zero-order valence-electron chi connectivity index (χ0n) is 11.8. The Morgan fingerprint density at radius 2 is 2.35 bits per heavy atom. The first-order chi connectivity index (χ1) is 9.58. The highest BCUT2D eigenvalue weighted by molar-refractivity contribution is 7.11. The first kappa shape index (κ1) is 14.7. The van der Waals surface area contributed by atoms with Crippen molar-refractivity contribution in [2.24, 2.45) is 0 Å². The van der Waals surface area contributed by atoms with Crippen molar-refractivity contribution in [1.29, 1.82) is 0 Å². The van der Waals surface area contributed by atoms with Crippen LogP contribution in [0.5, 0.6) is 0 Å². The smallest absolute Gasteiger partial charge is 0.239 e. The molecule has 0 bridgehead atoms. The molecule has 0 spiro atoms. The number of aromatic nitrogens is 2. The van der Waals surface area contributed by atoms with Crippen LogP contribution < -0.4 is 10.6 Å². The highest BCUT2D eigenvalue weighted by Gasteiger charge is 2.12. The van der Waals surface area contributed by atoms with E-state index in [1.165, 1.54) is 4.88 Å². The maximum Gasteiger partial charge on any atom is 0.239 e. The van der Waals surface area contributed by atoms with Crippen LogP contribution in [0.4, 0.5) is 5.82 Å². The quantitative estimate of drug-likeness (QED) is 0.854. The molecule has 108 valence electrons. The predicted molar refractivity (Wildman–Crippen MR) is 77.8 cm³/mol. The van der Waals surface area contributed by atoms with Gasteiger partial charge in [0.25, 0.3) is 0 Å². The third-order valence-electron chi connectivity index (χ3n) is 2.75. The van der Waals surface area contributed by atoms with Crippen LogP contribution >= 0.6 is 11.3 Å². The fourth-order valence-electron chi connectivity index (χ4n) is 1.63. The first-order valence-corrected chi connectivity index (χ1v) is 7.31. The van der Waals surface area contributed by atoms with Crippen molar-refractivity contribution in [3.05, 3.63) is 27.9 Å². The predicted octanol–water partition coefficient (Wildman–Crippen LogP) is 2.29. The molecule has 20 heavy (non-hydrogen) atoms. The molecule has 0 saturated carbocycles. The van der Waals surface area contributed by atoms with Gasteiger partial charge in [0, 0.05) is 17.1 Å². The van der Waals surface area contributed by atoms with E-state index >= 15 is 0 Å². The lowest BCUT2D eigenvalue weighted by molar-refractivity contribution is -0.115. The Morgan fingerprint density at radius 1 is 1.55 bits per heavy atom. The summed E-state index contributed by atoms with van der Waals surface area (Å²) in [4.78, 5) is 17.3. The number of amides is 1. The minimum Gasteiger partial charge on any atom is -0.360 e. The molecule has 2 rings (SSSR count). The van der Waals surface area contributed by atoms with E-state index in [0.717, 1.165) is 11.4 Å². The number of thiazole rings is 1. The number of nitrogens with one attached hydrogen (secondary N) is 2. The molecule has 0 unspecified atom stereocenters. The van der Waals surface area contributed by atoms with E-state index in [0.29, 0.717) is 11.6 Å². The van der Waals surface area contributed by atoms with Crippen LogP contribution in [0.15, 0.2) is 16.8 Å². The fraction of sp³-hybridized carbons (Fsp3) is 0.462. The van der Waals surface area contributed by atoms with E-state index in [1.54, 1.807) is 24.3 Å². The summed E-state index contributed by atoms with van der Waals surface area (Å²) in [6.07, 6.45) is 2.87. The van der Waals surface area contributed by atoms with Crippen molar-refractivity contribution in [3.63, 3.8) is 0 Å². The molecule has 0 saturated heterocycles. The second-order valence-electron chi connectivity index (χ2n) is 4.49. The molecule has 2 heterocycles. The largest absolute Gasteiger partial charge is 0.360 e. The van der Waals surface area contributed by atoms with Gasteiger partial charge in [-0.1, -0.05) is 12.1 Å². The molecule has 0 aliphatic rings. The molecular weight excluding hydrogens is 276 g/mol. The van der Waals surface area contributed by atoms with Crippen molar-refractivity contribution in [3.8, 4) is 0 Å². The molecule has 0 aliphatic carbocycles. The normalized spacial score (nSPS) is 12.3. The van der Waals surface area contributed by atoms with Gasteiger partial charge in [-0.15, -0.1) is 11.3 Å². The van der Waals surface area contributed by atoms with Gasteiger partial charge in [-0.05, 0) is 20.3 Å². The van der Waals surface area contributed by atoms with Crippen molar-refractivity contribution < 1.29 is 9.32 Å². The third kappa shape index (κ3) is 3.88. The lowest BCUT2D eigenvalue weighted by atomic mass is 10.3. The Labute approximate surface area is 121 Å². The Kier molecular flexibility index (Phi) is 4.86. The van der Waals surface area contributed by atoms with Gasteiger partial charge in [0.15, 0.2) is 5.82 Å². The van der Waals surface area contributed by atoms with Crippen LogP contribution in [0, 0.1) is 6.92 Å². The van der Waals surface area contributed by atoms with Gasteiger partial charge in [0.05, 0.1) is 12.6 Å². The van der Waals surface area contributed by atoms with E-state index in [1.807, 2.05) is 13.1 Å². The highest BCUT2D eigenvalue weighted by Crippen LogP contribution is 2.19. The van der Waals surface area contributed by atoms with E-state index in [-0.39, 0.29) is 18.5 Å². The van der Waals surface area contributed by atoms with Crippen LogP contribution in [0.2, 0.25) is 0 Å². The molecule has 6 nitrogen and oxygen atoms in total. The SMILES string of the molecule is CCc1cnc([C@@H](C)NCC(=O)Nc2cc(C)on2)s1. The Hall–Kier alpha value is -1.73. The number of nitrogens with zero attached hydrogens (tertiary/aromatic N) is 2. The number of hydrogen-bond acceptors (Lipinski definition) is 6. The summed E-state index contributed by atoms with van der Waals surface area (Å²) < 4.78 is 4.88. The van der Waals surface area contributed by atoms with Crippen LogP contribution in [0.3, 0.4) is 0 Å². The summed E-state index contributed by atoms with van der Waals surface area (Å²) >= 11 is 1.67. The summed E-state index contributed by atoms with van der Waals surface area (Å²) in [5, 5.41) is 10.5. The molecule has 2 aromatic heterocycles. The van der Waals surface area contributed by atoms with Crippen molar-refractivity contribution in [2.45, 2.75) is 33.2 Å². The summed E-state index contributed by atoms with van der Waals surface area (Å²) in [5.41, 5.74) is 0. The summed E-state index contributed by atoms with van der Waals surface area (Å²) in [6, 6.07) is 1.72. The second kappa shape index (κ2) is 6.62. The Balaban J connectivity index is 1.80. The van der Waals surface area contributed by atoms with E-state index in [9.17, 15) is 4.79 Å². The number of anilines is 1. The Morgan fingerprint density at radius 3 is 2.95 bits per heavy atom. The van der Waals surface area contributed by atoms with Crippen molar-refractivity contribution >= 4 is 23.1 Å². The average Bonchev–Trinajstić information content (AvgIpc) is 3.05. The lowest BCUT2D eigenvalue weighted by Crippen LogP contribution is -2.30. The lowest BCUT2D eigenvalue weighted by Gasteiger charge is -2.10. The Bertz CT molecular complexity index is 578. The van der Waals surface area contributed by atoms with Crippen LogP contribution in [0.25, 0.3) is 0 Å². The molecule has 0 aromatic carbocycles. The van der Waals surface area contributed by atoms with Crippen LogP contribution in [0.1, 0.15) is 35.5 Å². The topological polar surface area (TPSA) is 80.0 Å². The minimum absolute atomic E-state index is 0.0464. The number of carbonyl (C=O) groups is 1. The maximum absolute atomic E-state index is 11.7. The molecule has 0 radical (unpaired) electrons. The van der Waals surface area contributed by atoms with Gasteiger partial charge in [-0.25, -0.2) is 4.98 Å². The molecule has 0 fully saturated rings. The van der Waals surface area contributed by atoms with E-state index < -0.39 is 0 Å². The summed E-state index contributed by atoms with van der Waals surface area (Å²) in [5.74, 6) is 0.943. The van der Waals surface area contributed by atoms with Gasteiger partial charge in [0.2, 0.25) is 5.91 Å². The molecule has 2 N–H and O–H groups in total. The second-order valence-corrected chi connectivity index (χ2v) is 5.64. The number of rotatable bonds is 6. The van der Waals surface area contributed by atoms with Gasteiger partial charge >= 0.3 is 0 Å². The fourth-order valence-corrected chi connectivity index (χ4v) is 2.52. The zero-order valence-corrected chi connectivity index (χ0v) is 12.6. The van der Waals surface area contributed by atoms with Crippen molar-refractivity contribution in [1.82, 2.24) is 15.5 Å². The maximum atomic E-state index is 11.7. The summed E-state index contributed by atoms with van der Waals surface area (Å²) in [6.45, 7) is 6.07. The van der Waals surface area contributed by atoms with Gasteiger partial charge in [0.1, 0.15) is 10.8 Å². The zero-order chi connectivity index (χ0) is 14.5. The van der Waals surface area contributed by atoms with Gasteiger partial charge in [-0.2, -0.15) is 0 Å². The molecular formula is C13H18N4O2S. The van der Waals surface area contributed by atoms with Gasteiger partial charge in [-0.3, -0.25) is 10.1 Å². The minimum atomic E-state index is -0.155. The van der Waals surface area contributed by atoms with Crippen molar-refractivity contribution in [2.75, 3.05) is 11.9 Å². The third-order valence-corrected chi connectivity index (χ3v) is 4.08. The van der Waals surface area contributed by atoms with Crippen LogP contribution in [-0.4, -0.2) is 22.6 Å². The highest BCUT2D eigenvalue weighted by atomic mass is 32.1. The standard InChI is InChI=1S/C13H18N4O2S/c1-4-10-6-15-13(20-10)9(3)14-7-12(18)16-11-5-8(2)19-17-11/h5-6,9,14H,4,7H2,1-3H3,(H,16,17,18)/t9-/m1/s1. The average molecular weight is 294 g/mol. The molecule has 1 amide bonds. The molecule has 7 heteroatoms. The van der Waals surface area contributed by atoms with Crippen LogP contribution in [-0.2, 0) is 11.2 Å². The number of hydrogen-bond donors (Lipinski definition) is 2. The number of aryl methyl sites for hydroxylation is 2. The molecule has 1 atom stereocenters. The monoisotopic (exact) mass is 294 g/mol. The molecule has 2 aromatic rings. The van der Waals surface area contributed by atoms with E-state index in [2.05, 4.69) is 27.7 Å². The molecule has 0 aliphatic heterocycles. The first-order valence-electron chi connectivity index (χ1n) is 6.49. The van der Waals surface area contributed by atoms with E-state index in [4.69, 9.17) is 4.52 Å². The van der Waals surface area contributed by atoms with Gasteiger partial charge < -0.3 is 9.84 Å². The summed E-state index contributed by atoms with van der Waals surface area (Å²) in [7, 11) is 0. The number of carbonyl (C=O) groups excluding carboxylic acids is 1.